The first-order valence-electron chi connectivity index (χ1n) is 5.29. The summed E-state index contributed by atoms with van der Waals surface area (Å²) in [5.74, 6) is 0. The van der Waals surface area contributed by atoms with Crippen LogP contribution in [0.15, 0.2) is 17.1 Å². The summed E-state index contributed by atoms with van der Waals surface area (Å²) < 4.78 is 12.4. The van der Waals surface area contributed by atoms with E-state index in [1.807, 2.05) is 46.8 Å². The number of hydrogen-bond acceptors (Lipinski definition) is 2. The number of allylic oxidation sites excluding steroid dienone is 2. The third-order valence-corrected chi connectivity index (χ3v) is 5.29. The van der Waals surface area contributed by atoms with E-state index < -0.39 is 7.14 Å². The standard InChI is InChI=1S/C11H22NOP/c1-6-9-11(12-10(4)5)14(13,7-2)8-3/h6,9-10H,7-8H2,1-5H3/b9-6-,12-11+. The third-order valence-electron chi connectivity index (χ3n) is 2.15. The molecular weight excluding hydrogens is 193 g/mol. The first-order valence-corrected chi connectivity index (χ1v) is 7.37. The van der Waals surface area contributed by atoms with Gasteiger partial charge in [0, 0.05) is 18.4 Å². The Morgan fingerprint density at radius 1 is 1.36 bits per heavy atom. The summed E-state index contributed by atoms with van der Waals surface area (Å²) in [4.78, 5) is 4.45. The van der Waals surface area contributed by atoms with Crippen LogP contribution in [0.4, 0.5) is 0 Å². The second-order valence-electron chi connectivity index (χ2n) is 3.60. The van der Waals surface area contributed by atoms with Gasteiger partial charge in [-0.3, -0.25) is 4.99 Å². The molecule has 3 heteroatoms. The van der Waals surface area contributed by atoms with E-state index in [4.69, 9.17) is 0 Å². The minimum absolute atomic E-state index is 0.215. The molecule has 0 bridgehead atoms. The zero-order valence-corrected chi connectivity index (χ0v) is 10.8. The van der Waals surface area contributed by atoms with Gasteiger partial charge >= 0.3 is 0 Å². The largest absolute Gasteiger partial charge is 0.317 e. The zero-order valence-electron chi connectivity index (χ0n) is 9.95. The van der Waals surface area contributed by atoms with E-state index in [1.54, 1.807) is 0 Å². The van der Waals surface area contributed by atoms with Crippen molar-refractivity contribution in [3.05, 3.63) is 12.2 Å². The highest BCUT2D eigenvalue weighted by atomic mass is 31.2. The predicted octanol–water partition coefficient (Wildman–Crippen LogP) is 3.77. The molecule has 82 valence electrons. The fourth-order valence-corrected chi connectivity index (χ4v) is 3.20. The molecule has 0 amide bonds. The van der Waals surface area contributed by atoms with Gasteiger partial charge in [-0.05, 0) is 26.8 Å². The zero-order chi connectivity index (χ0) is 11.2. The molecular formula is C11H22NOP. The lowest BCUT2D eigenvalue weighted by Crippen LogP contribution is -2.05. The normalized spacial score (nSPS) is 14.3. The molecule has 0 aromatic carbocycles. The van der Waals surface area contributed by atoms with Gasteiger partial charge in [-0.25, -0.2) is 0 Å². The summed E-state index contributed by atoms with van der Waals surface area (Å²) in [6.45, 7) is 9.91. The highest BCUT2D eigenvalue weighted by Crippen LogP contribution is 2.47. The number of aliphatic imine (C=N–C) groups is 1. The summed E-state index contributed by atoms with van der Waals surface area (Å²) in [6.07, 6.45) is 5.23. The summed E-state index contributed by atoms with van der Waals surface area (Å²) in [5, 5.41) is 0. The minimum atomic E-state index is -2.20. The van der Waals surface area contributed by atoms with E-state index in [1.165, 1.54) is 0 Å². The van der Waals surface area contributed by atoms with Crippen LogP contribution in [0.25, 0.3) is 0 Å². The Morgan fingerprint density at radius 3 is 2.14 bits per heavy atom. The number of nitrogens with zero attached hydrogens (tertiary/aromatic N) is 1. The Hall–Kier alpha value is -0.360. The molecule has 0 rings (SSSR count). The lowest BCUT2D eigenvalue weighted by atomic mass is 10.4. The molecule has 0 aliphatic rings. The van der Waals surface area contributed by atoms with Gasteiger partial charge in [-0.15, -0.1) is 0 Å². The molecule has 0 aromatic rings. The first kappa shape index (κ1) is 13.6. The van der Waals surface area contributed by atoms with Crippen molar-refractivity contribution in [1.82, 2.24) is 0 Å². The van der Waals surface area contributed by atoms with Crippen molar-refractivity contribution in [2.45, 2.75) is 40.7 Å². The Labute approximate surface area is 87.9 Å². The van der Waals surface area contributed by atoms with E-state index in [2.05, 4.69) is 4.99 Å². The molecule has 0 aliphatic heterocycles. The Morgan fingerprint density at radius 2 is 1.86 bits per heavy atom. The summed E-state index contributed by atoms with van der Waals surface area (Å²) in [7, 11) is -2.20. The average molecular weight is 215 g/mol. The number of rotatable bonds is 5. The van der Waals surface area contributed by atoms with Crippen molar-refractivity contribution in [3.8, 4) is 0 Å². The third kappa shape index (κ3) is 3.79. The van der Waals surface area contributed by atoms with Crippen molar-refractivity contribution in [2.75, 3.05) is 12.3 Å². The predicted molar refractivity (Wildman–Crippen MR) is 66.1 cm³/mol. The Bertz CT molecular complexity index is 258. The maximum absolute atomic E-state index is 12.4. The molecule has 0 aromatic heterocycles. The maximum atomic E-state index is 12.4. The molecule has 0 spiro atoms. The van der Waals surface area contributed by atoms with E-state index in [0.29, 0.717) is 12.3 Å². The van der Waals surface area contributed by atoms with Crippen LogP contribution < -0.4 is 0 Å². The van der Waals surface area contributed by atoms with Crippen molar-refractivity contribution in [3.63, 3.8) is 0 Å². The molecule has 0 N–H and O–H groups in total. The molecule has 0 aliphatic carbocycles. The molecule has 0 fully saturated rings. The second-order valence-corrected chi connectivity index (χ2v) is 7.10. The van der Waals surface area contributed by atoms with Gasteiger partial charge in [0.05, 0.1) is 5.45 Å². The molecule has 0 saturated heterocycles. The summed E-state index contributed by atoms with van der Waals surface area (Å²) >= 11 is 0. The maximum Gasteiger partial charge on any atom is 0.132 e. The van der Waals surface area contributed by atoms with Crippen LogP contribution in [0, 0.1) is 0 Å². The van der Waals surface area contributed by atoms with Gasteiger partial charge in [0.15, 0.2) is 0 Å². The van der Waals surface area contributed by atoms with Gasteiger partial charge in [0.1, 0.15) is 7.14 Å². The van der Waals surface area contributed by atoms with Crippen LogP contribution in [0.1, 0.15) is 34.6 Å². The van der Waals surface area contributed by atoms with Crippen molar-refractivity contribution < 1.29 is 4.57 Å². The minimum Gasteiger partial charge on any atom is -0.317 e. The fourth-order valence-electron chi connectivity index (χ4n) is 1.25. The van der Waals surface area contributed by atoms with E-state index in [0.717, 1.165) is 5.45 Å². The van der Waals surface area contributed by atoms with E-state index in [9.17, 15) is 4.57 Å². The van der Waals surface area contributed by atoms with Crippen LogP contribution in [-0.2, 0) is 4.57 Å². The first-order chi connectivity index (χ1) is 6.50. The number of hydrogen-bond donors (Lipinski definition) is 0. The van der Waals surface area contributed by atoms with Crippen LogP contribution >= 0.6 is 7.14 Å². The molecule has 0 saturated carbocycles. The van der Waals surface area contributed by atoms with Crippen LogP contribution in [0.5, 0.6) is 0 Å². The summed E-state index contributed by atoms with van der Waals surface area (Å²) in [5.41, 5.74) is 0.806. The van der Waals surface area contributed by atoms with Gasteiger partial charge in [0.25, 0.3) is 0 Å². The highest BCUT2D eigenvalue weighted by Gasteiger charge is 2.22. The van der Waals surface area contributed by atoms with E-state index >= 15 is 0 Å². The van der Waals surface area contributed by atoms with Crippen LogP contribution in [0.3, 0.4) is 0 Å². The molecule has 2 nitrogen and oxygen atoms in total. The average Bonchev–Trinajstić information content (AvgIpc) is 2.15. The van der Waals surface area contributed by atoms with E-state index in [-0.39, 0.29) is 6.04 Å². The Kier molecular flexibility index (Phi) is 6.03. The van der Waals surface area contributed by atoms with Crippen molar-refractivity contribution >= 4 is 12.6 Å². The fraction of sp³-hybridized carbons (Fsp3) is 0.727. The van der Waals surface area contributed by atoms with Gasteiger partial charge in [0.2, 0.25) is 0 Å². The van der Waals surface area contributed by atoms with Crippen LogP contribution in [0.2, 0.25) is 0 Å². The van der Waals surface area contributed by atoms with Gasteiger partial charge < -0.3 is 4.57 Å². The van der Waals surface area contributed by atoms with Gasteiger partial charge in [-0.1, -0.05) is 19.9 Å². The van der Waals surface area contributed by atoms with Crippen molar-refractivity contribution in [1.29, 1.82) is 0 Å². The second kappa shape index (κ2) is 6.19. The molecule has 0 unspecified atom stereocenters. The van der Waals surface area contributed by atoms with Crippen LogP contribution in [-0.4, -0.2) is 23.8 Å². The highest BCUT2D eigenvalue weighted by molar-refractivity contribution is 7.81. The molecule has 0 radical (unpaired) electrons. The lowest BCUT2D eigenvalue weighted by Gasteiger charge is -2.15. The molecule has 0 atom stereocenters. The smallest absolute Gasteiger partial charge is 0.132 e. The lowest BCUT2D eigenvalue weighted by molar-refractivity contribution is 0.583. The SMILES string of the molecule is C/C=C\C(=N/C(C)C)P(=O)(CC)CC. The van der Waals surface area contributed by atoms with Gasteiger partial charge in [-0.2, -0.15) is 0 Å². The molecule has 0 heterocycles. The molecule has 14 heavy (non-hydrogen) atoms. The quantitative estimate of drug-likeness (QED) is 0.507. The summed E-state index contributed by atoms with van der Waals surface area (Å²) in [6, 6.07) is 0.215. The monoisotopic (exact) mass is 215 g/mol. The topological polar surface area (TPSA) is 29.4 Å². The Balaban J connectivity index is 5.09. The van der Waals surface area contributed by atoms with Crippen molar-refractivity contribution in [2.24, 2.45) is 4.99 Å².